The minimum Gasteiger partial charge on any atom is -0.267 e. The van der Waals surface area contributed by atoms with Gasteiger partial charge in [0.15, 0.2) is 0 Å². The highest BCUT2D eigenvalue weighted by Crippen LogP contribution is 2.12. The van der Waals surface area contributed by atoms with Gasteiger partial charge in [0.1, 0.15) is 5.69 Å². The number of benzene rings is 2. The van der Waals surface area contributed by atoms with Gasteiger partial charge < -0.3 is 0 Å². The number of amides is 2. The Morgan fingerprint density at radius 1 is 0.875 bits per heavy atom. The summed E-state index contributed by atoms with van der Waals surface area (Å²) in [5.74, 6) is -0.819. The molecule has 0 saturated carbocycles. The first kappa shape index (κ1) is 15.7. The molecule has 3 aromatic rings. The van der Waals surface area contributed by atoms with Crippen LogP contribution in [0.3, 0.4) is 0 Å². The average molecular weight is 319 g/mol. The number of carbonyl (C=O) groups is 2. The normalized spacial score (nSPS) is 10.4. The molecule has 120 valence electrons. The number of nitrogens with zero attached hydrogens (tertiary/aromatic N) is 1. The highest BCUT2D eigenvalue weighted by atomic mass is 16.2. The summed E-state index contributed by atoms with van der Waals surface area (Å²) in [7, 11) is 0. The molecule has 0 spiro atoms. The van der Waals surface area contributed by atoms with Crippen LogP contribution in [0.5, 0.6) is 0 Å². The minimum atomic E-state index is -0.459. The van der Waals surface area contributed by atoms with Crippen molar-refractivity contribution in [2.24, 2.45) is 0 Å². The lowest BCUT2D eigenvalue weighted by molar-refractivity contribution is 0.0844. The third-order valence-corrected chi connectivity index (χ3v) is 3.75. The lowest BCUT2D eigenvalue weighted by Gasteiger charge is -2.09. The van der Waals surface area contributed by atoms with E-state index in [1.165, 1.54) is 0 Å². The molecular weight excluding hydrogens is 302 g/mol. The van der Waals surface area contributed by atoms with Gasteiger partial charge in [-0.1, -0.05) is 42.0 Å². The van der Waals surface area contributed by atoms with Crippen LogP contribution in [-0.4, -0.2) is 16.8 Å². The Kier molecular flexibility index (Phi) is 4.24. The number of nitrogens with one attached hydrogen (secondary N) is 2. The summed E-state index contributed by atoms with van der Waals surface area (Å²) in [6.07, 6.45) is 0. The number of hydrogen-bond acceptors (Lipinski definition) is 3. The molecule has 0 atom stereocenters. The van der Waals surface area contributed by atoms with Crippen LogP contribution in [0.25, 0.3) is 10.9 Å². The quantitative estimate of drug-likeness (QED) is 0.713. The Labute approximate surface area is 139 Å². The second kappa shape index (κ2) is 6.50. The zero-order chi connectivity index (χ0) is 17.1. The van der Waals surface area contributed by atoms with Gasteiger partial charge in [-0.3, -0.25) is 20.4 Å². The van der Waals surface area contributed by atoms with Gasteiger partial charge in [-0.15, -0.1) is 0 Å². The van der Waals surface area contributed by atoms with E-state index in [9.17, 15) is 9.59 Å². The highest BCUT2D eigenvalue weighted by molar-refractivity contribution is 5.99. The molecule has 3 rings (SSSR count). The van der Waals surface area contributed by atoms with Gasteiger partial charge in [0, 0.05) is 10.9 Å². The Hall–Kier alpha value is -3.21. The van der Waals surface area contributed by atoms with E-state index in [2.05, 4.69) is 15.8 Å². The first-order valence-electron chi connectivity index (χ1n) is 7.58. The van der Waals surface area contributed by atoms with Crippen molar-refractivity contribution >= 4 is 22.7 Å². The zero-order valence-corrected chi connectivity index (χ0v) is 13.5. The number of aromatic nitrogens is 1. The van der Waals surface area contributed by atoms with Crippen LogP contribution >= 0.6 is 0 Å². The van der Waals surface area contributed by atoms with Crippen LogP contribution in [-0.2, 0) is 0 Å². The molecule has 2 N–H and O–H groups in total. The highest BCUT2D eigenvalue weighted by Gasteiger charge is 2.12. The van der Waals surface area contributed by atoms with Gasteiger partial charge in [-0.05, 0) is 37.6 Å². The van der Waals surface area contributed by atoms with Crippen LogP contribution in [0, 0.1) is 13.8 Å². The molecule has 2 amide bonds. The second-order valence-electron chi connectivity index (χ2n) is 5.62. The van der Waals surface area contributed by atoms with Crippen molar-refractivity contribution in [2.45, 2.75) is 13.8 Å². The Morgan fingerprint density at radius 3 is 2.42 bits per heavy atom. The topological polar surface area (TPSA) is 71.1 Å². The van der Waals surface area contributed by atoms with E-state index in [1.807, 2.05) is 56.3 Å². The SMILES string of the molecule is Cc1ccc(C(=O)NNC(=O)c2ccc3ccccc3n2)c(C)c1. The number of pyridine rings is 1. The third kappa shape index (κ3) is 3.25. The minimum absolute atomic E-state index is 0.245. The van der Waals surface area contributed by atoms with Gasteiger partial charge >= 0.3 is 0 Å². The van der Waals surface area contributed by atoms with Gasteiger partial charge in [0.2, 0.25) is 0 Å². The van der Waals surface area contributed by atoms with E-state index in [0.717, 1.165) is 22.0 Å². The predicted octanol–water partition coefficient (Wildman–Crippen LogP) is 2.93. The molecule has 0 fully saturated rings. The molecule has 0 bridgehead atoms. The van der Waals surface area contributed by atoms with Crippen molar-refractivity contribution in [2.75, 3.05) is 0 Å². The van der Waals surface area contributed by atoms with Crippen LogP contribution in [0.1, 0.15) is 32.0 Å². The van der Waals surface area contributed by atoms with Crippen molar-refractivity contribution in [3.05, 3.63) is 77.0 Å². The molecule has 24 heavy (non-hydrogen) atoms. The standard InChI is InChI=1S/C19H17N3O2/c1-12-7-9-15(13(2)11-12)18(23)21-22-19(24)17-10-8-14-5-3-4-6-16(14)20-17/h3-11H,1-2H3,(H,21,23)(H,22,24). The summed E-state index contributed by atoms with van der Waals surface area (Å²) in [6, 6.07) is 16.5. The number of fused-ring (bicyclic) bond motifs is 1. The number of hydrazine groups is 1. The molecule has 0 radical (unpaired) electrons. The molecule has 0 aliphatic carbocycles. The molecule has 5 nitrogen and oxygen atoms in total. The van der Waals surface area contributed by atoms with Crippen molar-refractivity contribution < 1.29 is 9.59 Å². The summed E-state index contributed by atoms with van der Waals surface area (Å²) in [5.41, 5.74) is 8.25. The molecule has 0 aliphatic heterocycles. The maximum absolute atomic E-state index is 12.2. The fourth-order valence-corrected chi connectivity index (χ4v) is 2.51. The van der Waals surface area contributed by atoms with E-state index in [1.54, 1.807) is 12.1 Å². The number of aryl methyl sites for hydroxylation is 2. The van der Waals surface area contributed by atoms with Crippen molar-refractivity contribution in [1.29, 1.82) is 0 Å². The summed E-state index contributed by atoms with van der Waals surface area (Å²) in [5, 5.41) is 0.952. The Morgan fingerprint density at radius 2 is 1.62 bits per heavy atom. The molecule has 0 saturated heterocycles. The average Bonchev–Trinajstić information content (AvgIpc) is 2.59. The number of para-hydroxylation sites is 1. The van der Waals surface area contributed by atoms with Crippen LogP contribution in [0.15, 0.2) is 54.6 Å². The summed E-state index contributed by atoms with van der Waals surface area (Å²) in [6.45, 7) is 3.82. The van der Waals surface area contributed by atoms with Gasteiger partial charge in [0.05, 0.1) is 5.52 Å². The first-order chi connectivity index (χ1) is 11.5. The van der Waals surface area contributed by atoms with Crippen molar-refractivity contribution in [1.82, 2.24) is 15.8 Å². The molecule has 5 heteroatoms. The molecular formula is C19H17N3O2. The summed E-state index contributed by atoms with van der Waals surface area (Å²) >= 11 is 0. The fraction of sp³-hybridized carbons (Fsp3) is 0.105. The van der Waals surface area contributed by atoms with Crippen LogP contribution in [0.4, 0.5) is 0 Å². The van der Waals surface area contributed by atoms with E-state index < -0.39 is 5.91 Å². The second-order valence-corrected chi connectivity index (χ2v) is 5.62. The van der Waals surface area contributed by atoms with Crippen LogP contribution < -0.4 is 10.9 Å². The lowest BCUT2D eigenvalue weighted by Crippen LogP contribution is -2.42. The smallest absolute Gasteiger partial charge is 0.267 e. The van der Waals surface area contributed by atoms with Crippen molar-refractivity contribution in [3.63, 3.8) is 0 Å². The zero-order valence-electron chi connectivity index (χ0n) is 13.5. The molecule has 0 unspecified atom stereocenters. The van der Waals surface area contributed by atoms with Gasteiger partial charge in [0.25, 0.3) is 11.8 Å². The van der Waals surface area contributed by atoms with Gasteiger partial charge in [-0.2, -0.15) is 0 Å². The molecule has 1 heterocycles. The van der Waals surface area contributed by atoms with E-state index in [-0.39, 0.29) is 11.6 Å². The maximum Gasteiger partial charge on any atom is 0.288 e. The number of hydrogen-bond donors (Lipinski definition) is 2. The van der Waals surface area contributed by atoms with E-state index >= 15 is 0 Å². The van der Waals surface area contributed by atoms with E-state index in [4.69, 9.17) is 0 Å². The van der Waals surface area contributed by atoms with Crippen LogP contribution in [0.2, 0.25) is 0 Å². The third-order valence-electron chi connectivity index (χ3n) is 3.75. The molecule has 1 aromatic heterocycles. The Bertz CT molecular complexity index is 935. The van der Waals surface area contributed by atoms with E-state index in [0.29, 0.717) is 5.56 Å². The largest absolute Gasteiger partial charge is 0.288 e. The maximum atomic E-state index is 12.2. The first-order valence-corrected chi connectivity index (χ1v) is 7.58. The molecule has 2 aromatic carbocycles. The van der Waals surface area contributed by atoms with Crippen molar-refractivity contribution in [3.8, 4) is 0 Å². The number of rotatable bonds is 2. The van der Waals surface area contributed by atoms with Gasteiger partial charge in [-0.25, -0.2) is 4.98 Å². The fourth-order valence-electron chi connectivity index (χ4n) is 2.51. The Balaban J connectivity index is 1.71. The lowest BCUT2D eigenvalue weighted by atomic mass is 10.1. The summed E-state index contributed by atoms with van der Waals surface area (Å²) < 4.78 is 0. The predicted molar refractivity (Wildman–Crippen MR) is 92.6 cm³/mol. The summed E-state index contributed by atoms with van der Waals surface area (Å²) in [4.78, 5) is 28.6. The molecule has 0 aliphatic rings. The number of carbonyl (C=O) groups excluding carboxylic acids is 2. The monoisotopic (exact) mass is 319 g/mol.